The molecule has 2 aromatic rings. The van der Waals surface area contributed by atoms with E-state index < -0.39 is 4.92 Å². The minimum Gasteiger partial charge on any atom is -0.495 e. The van der Waals surface area contributed by atoms with Gasteiger partial charge in [-0.05, 0) is 6.07 Å². The highest BCUT2D eigenvalue weighted by Gasteiger charge is 2.11. The first-order valence-electron chi connectivity index (χ1n) is 5.15. The van der Waals surface area contributed by atoms with E-state index >= 15 is 0 Å². The summed E-state index contributed by atoms with van der Waals surface area (Å²) in [5.41, 5.74) is 0.610. The highest BCUT2D eigenvalue weighted by Crippen LogP contribution is 2.29. The number of hydrogen-bond donors (Lipinski definition) is 1. The molecular weight excluding hydrogens is 254 g/mol. The maximum Gasteiger partial charge on any atom is 0.271 e. The second-order valence-corrected chi connectivity index (χ2v) is 4.40. The van der Waals surface area contributed by atoms with Crippen molar-refractivity contribution in [2.75, 3.05) is 12.4 Å². The number of nitrogens with zero attached hydrogens (tertiary/aromatic N) is 2. The largest absolute Gasteiger partial charge is 0.495 e. The Morgan fingerprint density at radius 1 is 1.56 bits per heavy atom. The van der Waals surface area contributed by atoms with Gasteiger partial charge in [0.2, 0.25) is 0 Å². The number of nitrogens with one attached hydrogen (secondary N) is 1. The molecule has 0 aliphatic heterocycles. The van der Waals surface area contributed by atoms with Gasteiger partial charge in [-0.2, -0.15) is 0 Å². The van der Waals surface area contributed by atoms with Crippen molar-refractivity contribution in [2.24, 2.45) is 0 Å². The molecule has 0 spiro atoms. The Morgan fingerprint density at radius 2 is 2.39 bits per heavy atom. The molecule has 94 valence electrons. The van der Waals surface area contributed by atoms with Gasteiger partial charge in [-0.25, -0.2) is 4.98 Å². The number of thiazole rings is 1. The summed E-state index contributed by atoms with van der Waals surface area (Å²) in [4.78, 5) is 14.4. The molecule has 1 heterocycles. The summed E-state index contributed by atoms with van der Waals surface area (Å²) in [6, 6.07) is 4.43. The molecule has 6 nitrogen and oxygen atoms in total. The first-order valence-corrected chi connectivity index (χ1v) is 6.03. The monoisotopic (exact) mass is 265 g/mol. The number of hydrogen-bond acceptors (Lipinski definition) is 6. The van der Waals surface area contributed by atoms with Gasteiger partial charge >= 0.3 is 0 Å². The number of ether oxygens (including phenoxy) is 1. The highest BCUT2D eigenvalue weighted by molar-refractivity contribution is 7.09. The predicted octanol–water partition coefficient (Wildman–Crippen LogP) is 2.67. The van der Waals surface area contributed by atoms with Gasteiger partial charge in [-0.15, -0.1) is 11.3 Å². The van der Waals surface area contributed by atoms with Gasteiger partial charge in [0.1, 0.15) is 10.8 Å². The third kappa shape index (κ3) is 2.75. The summed E-state index contributed by atoms with van der Waals surface area (Å²) in [7, 11) is 1.52. The van der Waals surface area contributed by atoms with Crippen molar-refractivity contribution in [1.29, 1.82) is 0 Å². The fourth-order valence-corrected chi connectivity index (χ4v) is 2.01. The lowest BCUT2D eigenvalue weighted by molar-refractivity contribution is -0.384. The van der Waals surface area contributed by atoms with E-state index in [-0.39, 0.29) is 5.69 Å². The van der Waals surface area contributed by atoms with E-state index in [9.17, 15) is 10.1 Å². The molecule has 7 heteroatoms. The summed E-state index contributed by atoms with van der Waals surface area (Å²) in [5, 5.41) is 16.6. The van der Waals surface area contributed by atoms with Crippen molar-refractivity contribution < 1.29 is 9.66 Å². The Balaban J connectivity index is 2.18. The van der Waals surface area contributed by atoms with Crippen LogP contribution < -0.4 is 10.1 Å². The molecule has 1 aromatic heterocycles. The molecule has 18 heavy (non-hydrogen) atoms. The molecule has 0 amide bonds. The van der Waals surface area contributed by atoms with Crippen LogP contribution >= 0.6 is 11.3 Å². The topological polar surface area (TPSA) is 77.3 Å². The Labute approximate surface area is 107 Å². The van der Waals surface area contributed by atoms with Crippen molar-refractivity contribution in [3.63, 3.8) is 0 Å². The van der Waals surface area contributed by atoms with Crippen molar-refractivity contribution in [3.05, 3.63) is 44.9 Å². The lowest BCUT2D eigenvalue weighted by Gasteiger charge is -2.09. The summed E-state index contributed by atoms with van der Waals surface area (Å²) < 4.78 is 5.15. The fourth-order valence-electron chi connectivity index (χ4n) is 1.46. The van der Waals surface area contributed by atoms with Crippen LogP contribution in [0, 0.1) is 10.1 Å². The molecule has 0 bridgehead atoms. The summed E-state index contributed by atoms with van der Waals surface area (Å²) in [6.07, 6.45) is 1.71. The molecule has 0 radical (unpaired) electrons. The van der Waals surface area contributed by atoms with Crippen molar-refractivity contribution in [3.8, 4) is 5.75 Å². The van der Waals surface area contributed by atoms with Gasteiger partial charge in [0.25, 0.3) is 5.69 Å². The molecule has 0 aliphatic carbocycles. The molecule has 0 unspecified atom stereocenters. The number of nitro benzene ring substituents is 1. The van der Waals surface area contributed by atoms with E-state index in [1.54, 1.807) is 12.3 Å². The second kappa shape index (κ2) is 5.46. The van der Waals surface area contributed by atoms with Gasteiger partial charge in [-0.1, -0.05) is 0 Å². The number of non-ortho nitro benzene ring substituents is 1. The van der Waals surface area contributed by atoms with Crippen molar-refractivity contribution in [1.82, 2.24) is 4.98 Å². The maximum atomic E-state index is 10.7. The van der Waals surface area contributed by atoms with Crippen LogP contribution in [-0.2, 0) is 6.54 Å². The van der Waals surface area contributed by atoms with Gasteiger partial charge in [0.05, 0.1) is 24.3 Å². The third-order valence-corrected chi connectivity index (χ3v) is 3.09. The molecule has 1 aromatic carbocycles. The Hall–Kier alpha value is -2.15. The number of anilines is 1. The zero-order chi connectivity index (χ0) is 13.0. The zero-order valence-corrected chi connectivity index (χ0v) is 10.4. The molecule has 0 atom stereocenters. The minimum absolute atomic E-state index is 0.0254. The third-order valence-electron chi connectivity index (χ3n) is 2.31. The minimum atomic E-state index is -0.436. The normalized spacial score (nSPS) is 10.1. The molecule has 0 fully saturated rings. The van der Waals surface area contributed by atoms with Crippen LogP contribution in [0.5, 0.6) is 5.75 Å². The van der Waals surface area contributed by atoms with E-state index in [1.165, 1.54) is 30.6 Å². The first-order chi connectivity index (χ1) is 8.70. The van der Waals surface area contributed by atoms with Crippen molar-refractivity contribution >= 4 is 22.7 Å². The summed E-state index contributed by atoms with van der Waals surface area (Å²) in [6.45, 7) is 0.509. The smallest absolute Gasteiger partial charge is 0.271 e. The van der Waals surface area contributed by atoms with E-state index in [1.807, 2.05) is 5.38 Å². The van der Waals surface area contributed by atoms with E-state index in [2.05, 4.69) is 10.3 Å². The summed E-state index contributed by atoms with van der Waals surface area (Å²) >= 11 is 1.52. The number of methoxy groups -OCH3 is 1. The van der Waals surface area contributed by atoms with Gasteiger partial charge in [0, 0.05) is 23.7 Å². The molecule has 0 saturated heterocycles. The van der Waals surface area contributed by atoms with Gasteiger partial charge in [-0.3, -0.25) is 10.1 Å². The van der Waals surface area contributed by atoms with Crippen LogP contribution in [0.2, 0.25) is 0 Å². The SMILES string of the molecule is COc1ccc([N+](=O)[O-])cc1NCc1nccs1. The van der Waals surface area contributed by atoms with E-state index in [0.29, 0.717) is 18.0 Å². The Bertz CT molecular complexity index is 542. The number of benzene rings is 1. The zero-order valence-electron chi connectivity index (χ0n) is 9.62. The highest BCUT2D eigenvalue weighted by atomic mass is 32.1. The number of rotatable bonds is 5. The van der Waals surface area contributed by atoms with Crippen LogP contribution in [-0.4, -0.2) is 17.0 Å². The molecular formula is C11H11N3O3S. The molecule has 1 N–H and O–H groups in total. The van der Waals surface area contributed by atoms with E-state index in [4.69, 9.17) is 4.74 Å². The van der Waals surface area contributed by atoms with Gasteiger partial charge < -0.3 is 10.1 Å². The van der Waals surface area contributed by atoms with Gasteiger partial charge in [0.15, 0.2) is 0 Å². The average molecular weight is 265 g/mol. The second-order valence-electron chi connectivity index (χ2n) is 3.42. The number of nitro groups is 1. The predicted molar refractivity (Wildman–Crippen MR) is 69.1 cm³/mol. The molecule has 2 rings (SSSR count). The van der Waals surface area contributed by atoms with Crippen LogP contribution in [0.15, 0.2) is 29.8 Å². The maximum absolute atomic E-state index is 10.7. The van der Waals surface area contributed by atoms with Crippen LogP contribution in [0.25, 0.3) is 0 Å². The standard InChI is InChI=1S/C11H11N3O3S/c1-17-10-3-2-8(14(15)16)6-9(10)13-7-11-12-4-5-18-11/h2-6,13H,7H2,1H3. The van der Waals surface area contributed by atoms with Crippen molar-refractivity contribution in [2.45, 2.75) is 6.54 Å². The van der Waals surface area contributed by atoms with E-state index in [0.717, 1.165) is 5.01 Å². The average Bonchev–Trinajstić information content (AvgIpc) is 2.89. The van der Waals surface area contributed by atoms with Crippen LogP contribution in [0.1, 0.15) is 5.01 Å². The first kappa shape index (κ1) is 12.3. The van der Waals surface area contributed by atoms with Crippen LogP contribution in [0.3, 0.4) is 0 Å². The lowest BCUT2D eigenvalue weighted by Crippen LogP contribution is -2.01. The lowest BCUT2D eigenvalue weighted by atomic mass is 10.2. The summed E-state index contributed by atoms with van der Waals surface area (Å²) in [5.74, 6) is 0.567. The Morgan fingerprint density at radius 3 is 3.00 bits per heavy atom. The molecule has 0 saturated carbocycles. The molecule has 0 aliphatic rings. The quantitative estimate of drug-likeness (QED) is 0.664. The Kier molecular flexibility index (Phi) is 3.73. The number of aromatic nitrogens is 1. The fraction of sp³-hybridized carbons (Fsp3) is 0.182. The van der Waals surface area contributed by atoms with Crippen LogP contribution in [0.4, 0.5) is 11.4 Å².